The van der Waals surface area contributed by atoms with Crippen molar-refractivity contribution in [3.05, 3.63) is 18.0 Å². The molecule has 0 aromatic carbocycles. The third kappa shape index (κ3) is 4.32. The highest BCUT2D eigenvalue weighted by Crippen LogP contribution is 2.41. The minimum absolute atomic E-state index is 0.446. The van der Waals surface area contributed by atoms with E-state index >= 15 is 0 Å². The van der Waals surface area contributed by atoms with Crippen LogP contribution in [0.1, 0.15) is 59.1 Å². The summed E-state index contributed by atoms with van der Waals surface area (Å²) in [5, 5.41) is 8.02. The van der Waals surface area contributed by atoms with Gasteiger partial charge in [0.2, 0.25) is 0 Å². The lowest BCUT2D eigenvalue weighted by atomic mass is 9.66. The maximum absolute atomic E-state index is 4.29. The first kappa shape index (κ1) is 16.5. The zero-order valence-corrected chi connectivity index (χ0v) is 14.5. The Labute approximate surface area is 130 Å². The zero-order chi connectivity index (χ0) is 15.5. The van der Waals surface area contributed by atoms with Crippen molar-refractivity contribution in [2.45, 2.75) is 65.8 Å². The molecule has 1 aromatic heterocycles. The van der Waals surface area contributed by atoms with Crippen molar-refractivity contribution in [1.82, 2.24) is 15.1 Å². The van der Waals surface area contributed by atoms with Crippen LogP contribution >= 0.6 is 0 Å². The van der Waals surface area contributed by atoms with E-state index in [0.29, 0.717) is 11.5 Å². The highest BCUT2D eigenvalue weighted by atomic mass is 15.2. The second kappa shape index (κ2) is 6.95. The van der Waals surface area contributed by atoms with Crippen molar-refractivity contribution >= 4 is 0 Å². The largest absolute Gasteiger partial charge is 0.314 e. The first-order valence-electron chi connectivity index (χ1n) is 8.62. The molecule has 1 aliphatic rings. The van der Waals surface area contributed by atoms with Crippen LogP contribution in [0.2, 0.25) is 0 Å². The van der Waals surface area contributed by atoms with Gasteiger partial charge in [-0.3, -0.25) is 4.68 Å². The molecule has 0 bridgehead atoms. The maximum Gasteiger partial charge on any atom is 0.0492 e. The molecule has 1 N–H and O–H groups in total. The van der Waals surface area contributed by atoms with E-state index in [1.165, 1.54) is 31.4 Å². The van der Waals surface area contributed by atoms with Gasteiger partial charge in [0.25, 0.3) is 0 Å². The molecule has 0 radical (unpaired) electrons. The van der Waals surface area contributed by atoms with E-state index in [9.17, 15) is 0 Å². The predicted molar refractivity (Wildman–Crippen MR) is 89.3 cm³/mol. The van der Waals surface area contributed by atoms with Gasteiger partial charge < -0.3 is 5.32 Å². The second-order valence-electron chi connectivity index (χ2n) is 7.79. The molecule has 0 saturated heterocycles. The highest BCUT2D eigenvalue weighted by Gasteiger charge is 2.35. The standard InChI is InChI=1S/C18H33N3/c1-6-19-17-10-8-15(18(2,3)4)13-14(17)7-9-16-11-12-20-21(16)5/h11-12,14-15,17,19H,6-10,13H2,1-5H3. The maximum atomic E-state index is 4.29. The molecule has 0 aliphatic heterocycles. The average molecular weight is 291 g/mol. The molecule has 3 atom stereocenters. The molecule has 1 aliphatic carbocycles. The first-order valence-corrected chi connectivity index (χ1v) is 8.62. The third-order valence-electron chi connectivity index (χ3n) is 5.37. The van der Waals surface area contributed by atoms with E-state index in [2.05, 4.69) is 51.2 Å². The summed E-state index contributed by atoms with van der Waals surface area (Å²) in [7, 11) is 2.05. The quantitative estimate of drug-likeness (QED) is 0.894. The van der Waals surface area contributed by atoms with Crippen molar-refractivity contribution in [3.63, 3.8) is 0 Å². The highest BCUT2D eigenvalue weighted by molar-refractivity contribution is 5.01. The number of nitrogens with zero attached hydrogens (tertiary/aromatic N) is 2. The second-order valence-corrected chi connectivity index (χ2v) is 7.79. The molecule has 3 heteroatoms. The molecule has 0 spiro atoms. The molecular weight excluding hydrogens is 258 g/mol. The van der Waals surface area contributed by atoms with E-state index in [4.69, 9.17) is 0 Å². The van der Waals surface area contributed by atoms with Gasteiger partial charge in [-0.25, -0.2) is 0 Å². The fourth-order valence-electron chi connectivity index (χ4n) is 3.88. The van der Waals surface area contributed by atoms with Gasteiger partial charge in [0.05, 0.1) is 0 Å². The predicted octanol–water partition coefficient (Wildman–Crippen LogP) is 3.79. The van der Waals surface area contributed by atoms with Crippen molar-refractivity contribution in [2.24, 2.45) is 24.3 Å². The van der Waals surface area contributed by atoms with Gasteiger partial charge in [-0.05, 0) is 62.0 Å². The Bertz CT molecular complexity index is 430. The SMILES string of the molecule is CCNC1CCC(C(C)(C)C)CC1CCc1ccnn1C. The van der Waals surface area contributed by atoms with Gasteiger partial charge in [-0.15, -0.1) is 0 Å². The Morgan fingerprint density at radius 3 is 2.67 bits per heavy atom. The average Bonchev–Trinajstić information content (AvgIpc) is 2.82. The molecule has 2 rings (SSSR count). The molecule has 1 heterocycles. The Balaban J connectivity index is 1.98. The first-order chi connectivity index (χ1) is 9.91. The lowest BCUT2D eigenvalue weighted by molar-refractivity contribution is 0.110. The van der Waals surface area contributed by atoms with E-state index in [-0.39, 0.29) is 0 Å². The number of hydrogen-bond donors (Lipinski definition) is 1. The summed E-state index contributed by atoms with van der Waals surface area (Å²) < 4.78 is 2.02. The van der Waals surface area contributed by atoms with Gasteiger partial charge in [0, 0.05) is 25.0 Å². The molecule has 21 heavy (non-hydrogen) atoms. The topological polar surface area (TPSA) is 29.9 Å². The minimum atomic E-state index is 0.446. The molecule has 1 saturated carbocycles. The summed E-state index contributed by atoms with van der Waals surface area (Å²) in [5.41, 5.74) is 1.81. The summed E-state index contributed by atoms with van der Waals surface area (Å²) in [6, 6.07) is 2.87. The molecule has 120 valence electrons. The van der Waals surface area contributed by atoms with E-state index in [1.54, 1.807) is 0 Å². The minimum Gasteiger partial charge on any atom is -0.314 e. The van der Waals surface area contributed by atoms with Crippen LogP contribution in [-0.2, 0) is 13.5 Å². The summed E-state index contributed by atoms with van der Waals surface area (Å²) in [6.07, 6.45) is 8.44. The zero-order valence-electron chi connectivity index (χ0n) is 14.5. The number of aryl methyl sites for hydroxylation is 2. The lowest BCUT2D eigenvalue weighted by Gasteiger charge is -2.42. The van der Waals surface area contributed by atoms with Crippen LogP contribution in [0.5, 0.6) is 0 Å². The summed E-state index contributed by atoms with van der Waals surface area (Å²) in [5.74, 6) is 1.67. The molecule has 0 amide bonds. The van der Waals surface area contributed by atoms with Crippen LogP contribution in [0.25, 0.3) is 0 Å². The van der Waals surface area contributed by atoms with Crippen LogP contribution in [0.4, 0.5) is 0 Å². The normalized spacial score (nSPS) is 27.0. The summed E-state index contributed by atoms with van der Waals surface area (Å²) in [4.78, 5) is 0. The van der Waals surface area contributed by atoms with Crippen LogP contribution in [0, 0.1) is 17.3 Å². The monoisotopic (exact) mass is 291 g/mol. The van der Waals surface area contributed by atoms with Crippen LogP contribution in [0.15, 0.2) is 12.3 Å². The van der Waals surface area contributed by atoms with Crippen molar-refractivity contribution in [2.75, 3.05) is 6.54 Å². The molecule has 3 nitrogen and oxygen atoms in total. The molecular formula is C18H33N3. The van der Waals surface area contributed by atoms with Gasteiger partial charge in [0.1, 0.15) is 0 Å². The smallest absolute Gasteiger partial charge is 0.0492 e. The number of aromatic nitrogens is 2. The van der Waals surface area contributed by atoms with Crippen molar-refractivity contribution < 1.29 is 0 Å². The van der Waals surface area contributed by atoms with Crippen molar-refractivity contribution in [1.29, 1.82) is 0 Å². The van der Waals surface area contributed by atoms with Crippen LogP contribution < -0.4 is 5.32 Å². The Morgan fingerprint density at radius 1 is 1.33 bits per heavy atom. The van der Waals surface area contributed by atoms with Gasteiger partial charge in [-0.2, -0.15) is 5.10 Å². The fraction of sp³-hybridized carbons (Fsp3) is 0.833. The number of nitrogens with one attached hydrogen (secondary N) is 1. The van der Waals surface area contributed by atoms with E-state index in [1.807, 2.05) is 10.9 Å². The molecule has 1 fully saturated rings. The van der Waals surface area contributed by atoms with E-state index in [0.717, 1.165) is 24.8 Å². The number of hydrogen-bond acceptors (Lipinski definition) is 2. The van der Waals surface area contributed by atoms with Crippen molar-refractivity contribution in [3.8, 4) is 0 Å². The number of rotatable bonds is 5. The van der Waals surface area contributed by atoms with Gasteiger partial charge in [-0.1, -0.05) is 27.7 Å². The Morgan fingerprint density at radius 2 is 2.10 bits per heavy atom. The molecule has 1 aromatic rings. The Hall–Kier alpha value is -0.830. The summed E-state index contributed by atoms with van der Waals surface area (Å²) >= 11 is 0. The van der Waals surface area contributed by atoms with E-state index < -0.39 is 0 Å². The fourth-order valence-corrected chi connectivity index (χ4v) is 3.88. The summed E-state index contributed by atoms with van der Waals surface area (Å²) in [6.45, 7) is 10.5. The lowest BCUT2D eigenvalue weighted by Crippen LogP contribution is -2.43. The van der Waals surface area contributed by atoms with Gasteiger partial charge in [0.15, 0.2) is 0 Å². The van der Waals surface area contributed by atoms with Crippen LogP contribution in [0.3, 0.4) is 0 Å². The molecule has 3 unspecified atom stereocenters. The third-order valence-corrected chi connectivity index (χ3v) is 5.37. The van der Waals surface area contributed by atoms with Crippen LogP contribution in [-0.4, -0.2) is 22.4 Å². The Kier molecular flexibility index (Phi) is 5.48. The van der Waals surface area contributed by atoms with Gasteiger partial charge >= 0.3 is 0 Å².